The molecule has 1 N–H and O–H groups in total. The maximum atomic E-state index is 13.5. The fourth-order valence-corrected chi connectivity index (χ4v) is 4.92. The van der Waals surface area contributed by atoms with Gasteiger partial charge in [-0.3, -0.25) is 9.59 Å². The number of ether oxygens (including phenoxy) is 2. The Kier molecular flexibility index (Phi) is 4.43. The number of nitrogens with one attached hydrogen (secondary N) is 1. The summed E-state index contributed by atoms with van der Waals surface area (Å²) in [6, 6.07) is 10.6. The van der Waals surface area contributed by atoms with Crippen LogP contribution in [0.25, 0.3) is 10.9 Å². The van der Waals surface area contributed by atoms with Crippen molar-refractivity contribution in [1.29, 1.82) is 0 Å². The summed E-state index contributed by atoms with van der Waals surface area (Å²) in [6.07, 6.45) is 0.615. The van der Waals surface area contributed by atoms with Gasteiger partial charge in [0.25, 0.3) is 5.91 Å². The number of rotatable bonds is 4. The quantitative estimate of drug-likeness (QED) is 0.703. The summed E-state index contributed by atoms with van der Waals surface area (Å²) >= 11 is 0. The number of amides is 2. The Hall–Kier alpha value is -3.48. The molecule has 7 nitrogen and oxygen atoms in total. The highest BCUT2D eigenvalue weighted by Crippen LogP contribution is 2.42. The molecule has 160 valence electrons. The lowest BCUT2D eigenvalue weighted by molar-refractivity contribution is -0.121. The summed E-state index contributed by atoms with van der Waals surface area (Å²) in [4.78, 5) is 33.6. The number of para-hydroxylation sites is 1. The van der Waals surface area contributed by atoms with Crippen LogP contribution in [0.5, 0.6) is 11.5 Å². The number of piperazine rings is 1. The van der Waals surface area contributed by atoms with Crippen LogP contribution in [0.2, 0.25) is 0 Å². The molecule has 2 aromatic carbocycles. The number of fused-ring (bicyclic) bond motifs is 3. The summed E-state index contributed by atoms with van der Waals surface area (Å²) in [5.74, 6) is 1.08. The number of aromatic nitrogens is 1. The summed E-state index contributed by atoms with van der Waals surface area (Å²) in [6.45, 7) is 4.54. The highest BCUT2D eigenvalue weighted by Gasteiger charge is 2.52. The molecule has 2 bridgehead atoms. The number of methoxy groups -OCH3 is 2. The third kappa shape index (κ3) is 2.80. The van der Waals surface area contributed by atoms with Crippen LogP contribution in [0, 0.1) is 13.8 Å². The summed E-state index contributed by atoms with van der Waals surface area (Å²) in [5, 5.41) is 1.04. The second-order valence-electron chi connectivity index (χ2n) is 8.21. The number of aromatic amines is 1. The molecular formula is C24H25N3O4. The van der Waals surface area contributed by atoms with E-state index >= 15 is 0 Å². The lowest BCUT2D eigenvalue weighted by Gasteiger charge is -2.34. The number of aryl methyl sites for hydroxylation is 2. The van der Waals surface area contributed by atoms with E-state index in [-0.39, 0.29) is 17.9 Å². The predicted octanol–water partition coefficient (Wildman–Crippen LogP) is 3.43. The SMILES string of the molecule is COc1ccc(OC)c(N2C(=O)[C@@H]3C[C@H]2CN3C(=O)c2cccc3c(C)c(C)[nH]c23)c1. The minimum absolute atomic E-state index is 0.0813. The minimum Gasteiger partial charge on any atom is -0.497 e. The van der Waals surface area contributed by atoms with Gasteiger partial charge in [0.15, 0.2) is 0 Å². The van der Waals surface area contributed by atoms with E-state index in [4.69, 9.17) is 9.47 Å². The molecule has 31 heavy (non-hydrogen) atoms. The number of hydrogen-bond acceptors (Lipinski definition) is 4. The molecule has 3 heterocycles. The number of likely N-dealkylation sites (tertiary alicyclic amines) is 1. The molecule has 7 heteroatoms. The molecule has 1 aromatic heterocycles. The van der Waals surface area contributed by atoms with Crippen molar-refractivity contribution in [3.63, 3.8) is 0 Å². The number of carbonyl (C=O) groups is 2. The highest BCUT2D eigenvalue weighted by molar-refractivity contribution is 6.11. The van der Waals surface area contributed by atoms with Gasteiger partial charge in [-0.2, -0.15) is 0 Å². The van der Waals surface area contributed by atoms with Crippen molar-refractivity contribution in [3.8, 4) is 11.5 Å². The lowest BCUT2D eigenvalue weighted by atomic mass is 10.1. The Balaban J connectivity index is 1.47. The zero-order valence-corrected chi connectivity index (χ0v) is 18.1. The molecule has 2 saturated heterocycles. The van der Waals surface area contributed by atoms with Crippen LogP contribution >= 0.6 is 0 Å². The van der Waals surface area contributed by atoms with Crippen molar-refractivity contribution in [2.75, 3.05) is 25.7 Å². The van der Waals surface area contributed by atoms with E-state index < -0.39 is 6.04 Å². The van der Waals surface area contributed by atoms with Crippen LogP contribution in [0.3, 0.4) is 0 Å². The van der Waals surface area contributed by atoms with Gasteiger partial charge in [-0.25, -0.2) is 0 Å². The average Bonchev–Trinajstić information content (AvgIpc) is 3.44. The third-order valence-corrected chi connectivity index (χ3v) is 6.65. The van der Waals surface area contributed by atoms with Crippen molar-refractivity contribution in [2.24, 2.45) is 0 Å². The van der Waals surface area contributed by atoms with Gasteiger partial charge in [0.2, 0.25) is 5.91 Å². The van der Waals surface area contributed by atoms with Crippen LogP contribution in [-0.4, -0.2) is 54.5 Å². The van der Waals surface area contributed by atoms with Crippen LogP contribution in [0.1, 0.15) is 28.0 Å². The first-order valence-corrected chi connectivity index (χ1v) is 10.4. The molecule has 0 aliphatic carbocycles. The van der Waals surface area contributed by atoms with Gasteiger partial charge in [0.1, 0.15) is 17.5 Å². The van der Waals surface area contributed by atoms with Gasteiger partial charge in [0.05, 0.1) is 37.0 Å². The zero-order valence-electron chi connectivity index (χ0n) is 18.1. The zero-order chi connectivity index (χ0) is 21.9. The van der Waals surface area contributed by atoms with Gasteiger partial charge >= 0.3 is 0 Å². The van der Waals surface area contributed by atoms with Crippen molar-refractivity contribution in [3.05, 3.63) is 53.2 Å². The van der Waals surface area contributed by atoms with E-state index in [1.54, 1.807) is 36.2 Å². The number of nitrogens with zero attached hydrogens (tertiary/aromatic N) is 2. The first-order chi connectivity index (χ1) is 14.9. The number of benzene rings is 2. The molecule has 2 amide bonds. The van der Waals surface area contributed by atoms with Crippen LogP contribution in [-0.2, 0) is 4.79 Å². The number of H-pyrrole nitrogens is 1. The van der Waals surface area contributed by atoms with E-state index in [2.05, 4.69) is 4.98 Å². The molecule has 5 rings (SSSR count). The van der Waals surface area contributed by atoms with Gasteiger partial charge in [-0.1, -0.05) is 12.1 Å². The van der Waals surface area contributed by atoms with Crippen LogP contribution in [0.15, 0.2) is 36.4 Å². The van der Waals surface area contributed by atoms with Gasteiger partial charge in [-0.05, 0) is 44.0 Å². The molecule has 2 aliphatic rings. The fraction of sp³-hybridized carbons (Fsp3) is 0.333. The van der Waals surface area contributed by atoms with Crippen LogP contribution in [0.4, 0.5) is 5.69 Å². The highest BCUT2D eigenvalue weighted by atomic mass is 16.5. The second-order valence-corrected chi connectivity index (χ2v) is 8.21. The van der Waals surface area contributed by atoms with Crippen molar-refractivity contribution >= 4 is 28.4 Å². The molecule has 3 aromatic rings. The van der Waals surface area contributed by atoms with Crippen molar-refractivity contribution in [1.82, 2.24) is 9.88 Å². The first-order valence-electron chi connectivity index (χ1n) is 10.4. The maximum absolute atomic E-state index is 13.5. The third-order valence-electron chi connectivity index (χ3n) is 6.65. The summed E-state index contributed by atoms with van der Waals surface area (Å²) in [5.41, 5.74) is 4.32. The molecule has 0 spiro atoms. The monoisotopic (exact) mass is 419 g/mol. The van der Waals surface area contributed by atoms with E-state index in [9.17, 15) is 9.59 Å². The standard InChI is InChI=1S/C24H25N3O4/c1-13-14(2)25-22-17(13)6-5-7-18(22)23(28)26-12-15-10-20(26)24(29)27(15)19-11-16(30-3)8-9-21(19)31-4/h5-9,11,15,20,25H,10,12H2,1-4H3/t15-,20-/m0/s1. The van der Waals surface area contributed by atoms with Crippen LogP contribution < -0.4 is 14.4 Å². The second kappa shape index (κ2) is 7.04. The Bertz CT molecular complexity index is 1210. The number of anilines is 1. The van der Waals surface area contributed by atoms with Gasteiger partial charge in [0, 0.05) is 23.7 Å². The number of hydrogen-bond donors (Lipinski definition) is 1. The summed E-state index contributed by atoms with van der Waals surface area (Å²) < 4.78 is 10.8. The Morgan fingerprint density at radius 1 is 1.13 bits per heavy atom. The first kappa shape index (κ1) is 19.5. The van der Waals surface area contributed by atoms with Crippen molar-refractivity contribution in [2.45, 2.75) is 32.4 Å². The van der Waals surface area contributed by atoms with E-state index in [1.165, 1.54) is 0 Å². The largest absolute Gasteiger partial charge is 0.497 e. The fourth-order valence-electron chi connectivity index (χ4n) is 4.92. The molecular weight excluding hydrogens is 394 g/mol. The predicted molar refractivity (Wildman–Crippen MR) is 118 cm³/mol. The topological polar surface area (TPSA) is 74.9 Å². The number of carbonyl (C=O) groups excluding carboxylic acids is 2. The van der Waals surface area contributed by atoms with Gasteiger partial charge < -0.3 is 24.3 Å². The Morgan fingerprint density at radius 2 is 1.94 bits per heavy atom. The van der Waals surface area contributed by atoms with Gasteiger partial charge in [-0.15, -0.1) is 0 Å². The molecule has 0 saturated carbocycles. The van der Waals surface area contributed by atoms with E-state index in [0.29, 0.717) is 35.7 Å². The maximum Gasteiger partial charge on any atom is 0.256 e. The Labute approximate surface area is 180 Å². The summed E-state index contributed by atoms with van der Waals surface area (Å²) in [7, 11) is 3.18. The van der Waals surface area contributed by atoms with E-state index in [1.807, 2.05) is 38.1 Å². The molecule has 2 atom stereocenters. The molecule has 2 aliphatic heterocycles. The lowest BCUT2D eigenvalue weighted by Crippen LogP contribution is -2.52. The van der Waals surface area contributed by atoms with E-state index in [0.717, 1.165) is 22.2 Å². The normalized spacial score (nSPS) is 20.1. The molecule has 0 unspecified atom stereocenters. The Morgan fingerprint density at radius 3 is 2.65 bits per heavy atom. The minimum atomic E-state index is -0.471. The van der Waals surface area contributed by atoms with Crippen molar-refractivity contribution < 1.29 is 19.1 Å². The molecule has 0 radical (unpaired) electrons. The smallest absolute Gasteiger partial charge is 0.256 e. The molecule has 2 fully saturated rings. The average molecular weight is 419 g/mol.